The van der Waals surface area contributed by atoms with Crippen molar-refractivity contribution in [3.63, 3.8) is 0 Å². The zero-order valence-electron chi connectivity index (χ0n) is 20.1. The summed E-state index contributed by atoms with van der Waals surface area (Å²) in [6.45, 7) is -1.16. The zero-order chi connectivity index (χ0) is 26.1. The van der Waals surface area contributed by atoms with Crippen LogP contribution in [0.2, 0.25) is 0 Å². The molecule has 1 fully saturated rings. The maximum Gasteiger partial charge on any atom is 0.387 e. The summed E-state index contributed by atoms with van der Waals surface area (Å²) in [4.78, 5) is 24.6. The Kier molecular flexibility index (Phi) is 6.82. The van der Waals surface area contributed by atoms with Crippen molar-refractivity contribution >= 4 is 11.6 Å². The van der Waals surface area contributed by atoms with Crippen LogP contribution in [0.3, 0.4) is 0 Å². The Bertz CT molecular complexity index is 1430. The monoisotopic (exact) mass is 510 g/mol. The van der Waals surface area contributed by atoms with Gasteiger partial charge in [0, 0.05) is 59.4 Å². The number of ether oxygens (including phenoxy) is 1. The molecule has 0 unspecified atom stereocenters. The lowest BCUT2D eigenvalue weighted by Gasteiger charge is -2.24. The number of aliphatic carboxylic acids is 1. The average molecular weight is 511 g/mol. The second-order valence-electron chi connectivity index (χ2n) is 9.29. The molecule has 0 saturated heterocycles. The van der Waals surface area contributed by atoms with E-state index in [0.29, 0.717) is 59.7 Å². The number of fused-ring (bicyclic) bond motifs is 1. The number of carboxylic acid groups (broad SMARTS) is 1. The van der Waals surface area contributed by atoms with E-state index in [1.807, 2.05) is 0 Å². The summed E-state index contributed by atoms with van der Waals surface area (Å²) in [5, 5.41) is 9.20. The minimum Gasteiger partial charge on any atom is -0.481 e. The quantitative estimate of drug-likeness (QED) is 0.339. The number of rotatable bonds is 7. The van der Waals surface area contributed by atoms with Crippen molar-refractivity contribution in [2.75, 3.05) is 0 Å². The SMILES string of the molecule is Cc1nc2cc(F)c(-c3cnc(C4CCC(C(=O)O)CC4)nc3)cn2c1Cc1ccccc1OC(F)F. The number of carbonyl (C=O) groups is 1. The molecule has 1 saturated carbocycles. The van der Waals surface area contributed by atoms with Gasteiger partial charge in [0.15, 0.2) is 0 Å². The van der Waals surface area contributed by atoms with Gasteiger partial charge in [-0.3, -0.25) is 4.79 Å². The average Bonchev–Trinajstić information content (AvgIpc) is 3.18. The summed E-state index contributed by atoms with van der Waals surface area (Å²) in [5.41, 5.74) is 3.09. The van der Waals surface area contributed by atoms with Gasteiger partial charge in [0.1, 0.15) is 23.0 Å². The van der Waals surface area contributed by atoms with Crippen LogP contribution in [0.15, 0.2) is 48.9 Å². The molecule has 1 aromatic carbocycles. The van der Waals surface area contributed by atoms with Crippen molar-refractivity contribution < 1.29 is 27.8 Å². The van der Waals surface area contributed by atoms with Crippen molar-refractivity contribution in [2.24, 2.45) is 5.92 Å². The van der Waals surface area contributed by atoms with Crippen molar-refractivity contribution in [3.8, 4) is 16.9 Å². The van der Waals surface area contributed by atoms with Gasteiger partial charge in [-0.2, -0.15) is 8.78 Å². The van der Waals surface area contributed by atoms with Crippen LogP contribution in [0, 0.1) is 18.7 Å². The first-order valence-corrected chi connectivity index (χ1v) is 12.0. The first-order valence-electron chi connectivity index (χ1n) is 12.0. The molecule has 0 radical (unpaired) electrons. The van der Waals surface area contributed by atoms with Gasteiger partial charge in [-0.25, -0.2) is 19.3 Å². The number of aryl methyl sites for hydroxylation is 1. The molecule has 5 rings (SSSR count). The molecule has 7 nitrogen and oxygen atoms in total. The summed E-state index contributed by atoms with van der Waals surface area (Å²) >= 11 is 0. The van der Waals surface area contributed by atoms with Gasteiger partial charge in [-0.15, -0.1) is 0 Å². The summed E-state index contributed by atoms with van der Waals surface area (Å²) in [6, 6.07) is 7.88. The third-order valence-electron chi connectivity index (χ3n) is 6.98. The molecule has 10 heteroatoms. The molecule has 0 amide bonds. The van der Waals surface area contributed by atoms with E-state index < -0.39 is 18.4 Å². The Morgan fingerprint density at radius 1 is 1.16 bits per heavy atom. The highest BCUT2D eigenvalue weighted by Gasteiger charge is 2.28. The van der Waals surface area contributed by atoms with Crippen molar-refractivity contribution in [3.05, 3.63) is 77.5 Å². The summed E-state index contributed by atoms with van der Waals surface area (Å²) in [5.74, 6) is -0.781. The van der Waals surface area contributed by atoms with Crippen LogP contribution in [-0.2, 0) is 11.2 Å². The molecule has 37 heavy (non-hydrogen) atoms. The zero-order valence-corrected chi connectivity index (χ0v) is 20.1. The van der Waals surface area contributed by atoms with Crippen LogP contribution < -0.4 is 4.74 Å². The van der Waals surface area contributed by atoms with E-state index in [1.54, 1.807) is 48.1 Å². The van der Waals surface area contributed by atoms with Crippen LogP contribution in [-0.4, -0.2) is 37.0 Å². The van der Waals surface area contributed by atoms with Gasteiger partial charge < -0.3 is 14.2 Å². The number of halogens is 3. The van der Waals surface area contributed by atoms with Gasteiger partial charge in [-0.05, 0) is 38.7 Å². The Hall–Kier alpha value is -3.95. The van der Waals surface area contributed by atoms with E-state index in [4.69, 9.17) is 0 Å². The number of hydrogen-bond donors (Lipinski definition) is 1. The number of hydrogen-bond acceptors (Lipinski definition) is 5. The third kappa shape index (κ3) is 5.14. The standard InChI is InChI=1S/C27H25F3N4O3/c1-15-22(10-18-4-2-3-5-23(18)37-27(29)30)34-14-20(21(28)11-24(34)33-15)19-12-31-25(32-13-19)16-6-8-17(9-7-16)26(35)36/h2-5,11-14,16-17,27H,6-10H2,1H3,(H,35,36). The predicted molar refractivity (Wildman–Crippen MR) is 129 cm³/mol. The third-order valence-corrected chi connectivity index (χ3v) is 6.98. The fourth-order valence-electron chi connectivity index (χ4n) is 4.98. The number of alkyl halides is 2. The van der Waals surface area contributed by atoms with E-state index in [1.165, 1.54) is 12.1 Å². The molecular formula is C27H25F3N4O3. The minimum absolute atomic E-state index is 0.0791. The highest BCUT2D eigenvalue weighted by atomic mass is 19.3. The van der Waals surface area contributed by atoms with E-state index in [9.17, 15) is 18.7 Å². The minimum atomic E-state index is -2.94. The smallest absolute Gasteiger partial charge is 0.387 e. The first kappa shape index (κ1) is 24.7. The molecule has 1 aliphatic carbocycles. The number of imidazole rings is 1. The number of para-hydroxylation sites is 1. The van der Waals surface area contributed by atoms with Gasteiger partial charge in [0.05, 0.1) is 11.6 Å². The number of carboxylic acids is 1. The summed E-state index contributed by atoms with van der Waals surface area (Å²) in [7, 11) is 0. The van der Waals surface area contributed by atoms with Crippen molar-refractivity contribution in [1.29, 1.82) is 0 Å². The van der Waals surface area contributed by atoms with Crippen LogP contribution in [0.4, 0.5) is 13.2 Å². The fourth-order valence-corrected chi connectivity index (χ4v) is 4.98. The van der Waals surface area contributed by atoms with Crippen LogP contribution >= 0.6 is 0 Å². The Morgan fingerprint density at radius 3 is 2.54 bits per heavy atom. The lowest BCUT2D eigenvalue weighted by molar-refractivity contribution is -0.142. The molecule has 0 bridgehead atoms. The lowest BCUT2D eigenvalue weighted by Crippen LogP contribution is -2.21. The molecule has 0 atom stereocenters. The van der Waals surface area contributed by atoms with E-state index in [0.717, 1.165) is 0 Å². The number of nitrogens with zero attached hydrogens (tertiary/aromatic N) is 4. The lowest BCUT2D eigenvalue weighted by atomic mass is 9.81. The van der Waals surface area contributed by atoms with Crippen molar-refractivity contribution in [1.82, 2.24) is 19.4 Å². The number of benzene rings is 1. The summed E-state index contributed by atoms with van der Waals surface area (Å²) in [6.07, 6.45) is 7.60. The molecule has 0 spiro atoms. The van der Waals surface area contributed by atoms with Crippen LogP contribution in [0.25, 0.3) is 16.8 Å². The molecule has 4 aromatic rings. The molecule has 1 N–H and O–H groups in total. The topological polar surface area (TPSA) is 89.6 Å². The molecule has 3 heterocycles. The highest BCUT2D eigenvalue weighted by molar-refractivity contribution is 5.70. The van der Waals surface area contributed by atoms with Crippen molar-refractivity contribution in [2.45, 2.75) is 51.6 Å². The molecular weight excluding hydrogens is 485 g/mol. The largest absolute Gasteiger partial charge is 0.481 e. The molecule has 0 aliphatic heterocycles. The predicted octanol–water partition coefficient (Wildman–Crippen LogP) is 5.79. The van der Waals surface area contributed by atoms with Crippen LogP contribution in [0.1, 0.15) is 54.4 Å². The highest BCUT2D eigenvalue weighted by Crippen LogP contribution is 2.35. The fraction of sp³-hybridized carbons (Fsp3) is 0.333. The van der Waals surface area contributed by atoms with E-state index >= 15 is 4.39 Å². The molecule has 192 valence electrons. The van der Waals surface area contributed by atoms with Gasteiger partial charge in [-0.1, -0.05) is 18.2 Å². The maximum absolute atomic E-state index is 15.1. The number of pyridine rings is 1. The molecule has 3 aromatic heterocycles. The van der Waals surface area contributed by atoms with E-state index in [-0.39, 0.29) is 29.6 Å². The first-order chi connectivity index (χ1) is 17.8. The Labute approximate surface area is 211 Å². The van der Waals surface area contributed by atoms with Gasteiger partial charge >= 0.3 is 12.6 Å². The maximum atomic E-state index is 15.1. The second kappa shape index (κ2) is 10.2. The molecule has 1 aliphatic rings. The van der Waals surface area contributed by atoms with Gasteiger partial charge in [0.25, 0.3) is 0 Å². The summed E-state index contributed by atoms with van der Waals surface area (Å²) < 4.78 is 47.3. The normalized spacial score (nSPS) is 17.9. The van der Waals surface area contributed by atoms with E-state index in [2.05, 4.69) is 19.7 Å². The van der Waals surface area contributed by atoms with Gasteiger partial charge in [0.2, 0.25) is 0 Å². The number of aromatic nitrogens is 4. The second-order valence-corrected chi connectivity index (χ2v) is 9.29. The van der Waals surface area contributed by atoms with Crippen LogP contribution in [0.5, 0.6) is 5.75 Å². The Morgan fingerprint density at radius 2 is 1.86 bits per heavy atom. The Balaban J connectivity index is 1.43.